The molecule has 0 unspecified atom stereocenters. The Bertz CT molecular complexity index is 750. The van der Waals surface area contributed by atoms with Crippen LogP contribution >= 0.6 is 11.6 Å². The Kier molecular flexibility index (Phi) is 3.16. The zero-order valence-electron chi connectivity index (χ0n) is 10.8. The van der Waals surface area contributed by atoms with E-state index in [1.54, 1.807) is 12.1 Å². The van der Waals surface area contributed by atoms with Crippen molar-refractivity contribution in [2.75, 3.05) is 5.73 Å². The summed E-state index contributed by atoms with van der Waals surface area (Å²) >= 11 is 6.20. The molecule has 0 aliphatic rings. The number of nitrogen functional groups attached to an aromatic ring is 1. The molecule has 2 N–H and O–H groups in total. The number of aryl methyl sites for hydroxylation is 1. The molecule has 0 spiro atoms. The molecule has 1 aromatic heterocycles. The SMILES string of the molecule is Cc1ccc(-c2nc(-c3ccc(N)cc3)no2)c(Cl)c1. The minimum atomic E-state index is 0.404. The minimum Gasteiger partial charge on any atom is -0.399 e. The second-order valence-corrected chi connectivity index (χ2v) is 4.94. The Labute approximate surface area is 121 Å². The lowest BCUT2D eigenvalue weighted by Gasteiger charge is -1.99. The monoisotopic (exact) mass is 285 g/mol. The average molecular weight is 286 g/mol. The Morgan fingerprint density at radius 3 is 2.55 bits per heavy atom. The van der Waals surface area contributed by atoms with E-state index in [9.17, 15) is 0 Å². The predicted octanol–water partition coefficient (Wildman–Crippen LogP) is 3.95. The third-order valence-electron chi connectivity index (χ3n) is 2.95. The largest absolute Gasteiger partial charge is 0.399 e. The highest BCUT2D eigenvalue weighted by Crippen LogP contribution is 2.29. The fourth-order valence-electron chi connectivity index (χ4n) is 1.88. The van der Waals surface area contributed by atoms with Gasteiger partial charge in [-0.25, -0.2) is 0 Å². The fourth-order valence-corrected chi connectivity index (χ4v) is 2.19. The number of aromatic nitrogens is 2. The van der Waals surface area contributed by atoms with Crippen LogP contribution in [0.25, 0.3) is 22.8 Å². The van der Waals surface area contributed by atoms with Crippen LogP contribution in [0.1, 0.15) is 5.56 Å². The second kappa shape index (κ2) is 4.98. The quantitative estimate of drug-likeness (QED) is 0.724. The summed E-state index contributed by atoms with van der Waals surface area (Å²) < 4.78 is 5.28. The van der Waals surface area contributed by atoms with E-state index in [1.165, 1.54) is 0 Å². The number of nitrogens with two attached hydrogens (primary N) is 1. The highest BCUT2D eigenvalue weighted by Gasteiger charge is 2.13. The molecular weight excluding hydrogens is 274 g/mol. The third-order valence-corrected chi connectivity index (χ3v) is 3.26. The summed E-state index contributed by atoms with van der Waals surface area (Å²) in [6.45, 7) is 1.98. The third kappa shape index (κ3) is 2.38. The van der Waals surface area contributed by atoms with Crippen molar-refractivity contribution in [3.63, 3.8) is 0 Å². The lowest BCUT2D eigenvalue weighted by atomic mass is 10.1. The summed E-state index contributed by atoms with van der Waals surface area (Å²) in [5.74, 6) is 0.915. The first-order valence-electron chi connectivity index (χ1n) is 6.09. The van der Waals surface area contributed by atoms with Crippen LogP contribution < -0.4 is 5.73 Å². The van der Waals surface area contributed by atoms with Gasteiger partial charge in [0.1, 0.15) is 0 Å². The van der Waals surface area contributed by atoms with Crippen LogP contribution in [-0.2, 0) is 0 Å². The molecule has 0 fully saturated rings. The lowest BCUT2D eigenvalue weighted by Crippen LogP contribution is -1.85. The van der Waals surface area contributed by atoms with E-state index in [-0.39, 0.29) is 0 Å². The summed E-state index contributed by atoms with van der Waals surface area (Å²) in [4.78, 5) is 4.37. The zero-order chi connectivity index (χ0) is 14.1. The number of hydrogen-bond acceptors (Lipinski definition) is 4. The Morgan fingerprint density at radius 1 is 1.10 bits per heavy atom. The molecule has 3 aromatic rings. The van der Waals surface area contributed by atoms with E-state index in [2.05, 4.69) is 10.1 Å². The van der Waals surface area contributed by atoms with Crippen molar-refractivity contribution < 1.29 is 4.52 Å². The predicted molar refractivity (Wildman–Crippen MR) is 79.3 cm³/mol. The van der Waals surface area contributed by atoms with Crippen molar-refractivity contribution >= 4 is 17.3 Å². The molecule has 2 aromatic carbocycles. The van der Waals surface area contributed by atoms with Crippen LogP contribution in [0.15, 0.2) is 47.0 Å². The number of benzene rings is 2. The van der Waals surface area contributed by atoms with Gasteiger partial charge >= 0.3 is 0 Å². The van der Waals surface area contributed by atoms with Gasteiger partial charge in [0.2, 0.25) is 5.82 Å². The van der Waals surface area contributed by atoms with Gasteiger partial charge in [0.25, 0.3) is 5.89 Å². The molecule has 0 saturated carbocycles. The Balaban J connectivity index is 1.99. The summed E-state index contributed by atoms with van der Waals surface area (Å²) in [6, 6.07) is 13.0. The van der Waals surface area contributed by atoms with Gasteiger partial charge in [0, 0.05) is 11.3 Å². The van der Waals surface area contributed by atoms with Gasteiger partial charge in [-0.1, -0.05) is 22.8 Å². The molecule has 20 heavy (non-hydrogen) atoms. The van der Waals surface area contributed by atoms with E-state index < -0.39 is 0 Å². The highest BCUT2D eigenvalue weighted by molar-refractivity contribution is 6.33. The zero-order valence-corrected chi connectivity index (χ0v) is 11.6. The first-order chi connectivity index (χ1) is 9.63. The van der Waals surface area contributed by atoms with Crippen LogP contribution in [-0.4, -0.2) is 10.1 Å². The second-order valence-electron chi connectivity index (χ2n) is 4.53. The van der Waals surface area contributed by atoms with Crippen LogP contribution in [0, 0.1) is 6.92 Å². The summed E-state index contributed by atoms with van der Waals surface area (Å²) in [5.41, 5.74) is 9.00. The van der Waals surface area contributed by atoms with E-state index in [0.717, 1.165) is 16.7 Å². The molecule has 0 bridgehead atoms. The maximum absolute atomic E-state index is 6.20. The highest BCUT2D eigenvalue weighted by atomic mass is 35.5. The van der Waals surface area contributed by atoms with Gasteiger partial charge in [-0.15, -0.1) is 0 Å². The van der Waals surface area contributed by atoms with Gasteiger partial charge in [-0.2, -0.15) is 4.98 Å². The van der Waals surface area contributed by atoms with E-state index in [4.69, 9.17) is 21.9 Å². The first-order valence-corrected chi connectivity index (χ1v) is 6.47. The van der Waals surface area contributed by atoms with Gasteiger partial charge in [0.05, 0.1) is 10.6 Å². The molecule has 0 radical (unpaired) electrons. The van der Waals surface area contributed by atoms with E-state index in [0.29, 0.717) is 22.4 Å². The van der Waals surface area contributed by atoms with Crippen molar-refractivity contribution in [3.05, 3.63) is 53.1 Å². The lowest BCUT2D eigenvalue weighted by molar-refractivity contribution is 0.432. The maximum Gasteiger partial charge on any atom is 0.259 e. The van der Waals surface area contributed by atoms with Crippen molar-refractivity contribution in [1.29, 1.82) is 0 Å². The molecule has 100 valence electrons. The molecule has 5 heteroatoms. The molecule has 0 aliphatic heterocycles. The maximum atomic E-state index is 6.20. The molecular formula is C15H12ClN3O. The van der Waals surface area contributed by atoms with Gasteiger partial charge in [0.15, 0.2) is 0 Å². The molecule has 0 aliphatic carbocycles. The minimum absolute atomic E-state index is 0.404. The van der Waals surface area contributed by atoms with Crippen LogP contribution in [0.2, 0.25) is 5.02 Å². The topological polar surface area (TPSA) is 64.9 Å². The number of rotatable bonds is 2. The summed E-state index contributed by atoms with van der Waals surface area (Å²) in [5, 5.41) is 4.57. The van der Waals surface area contributed by atoms with Crippen LogP contribution in [0.3, 0.4) is 0 Å². The summed E-state index contributed by atoms with van der Waals surface area (Å²) in [6.07, 6.45) is 0. The molecule has 4 nitrogen and oxygen atoms in total. The van der Waals surface area contributed by atoms with Crippen molar-refractivity contribution in [2.45, 2.75) is 6.92 Å². The van der Waals surface area contributed by atoms with Gasteiger partial charge in [-0.3, -0.25) is 0 Å². The fraction of sp³-hybridized carbons (Fsp3) is 0.0667. The Morgan fingerprint density at radius 2 is 1.85 bits per heavy atom. The standard InChI is InChI=1S/C15H12ClN3O/c1-9-2-7-12(13(16)8-9)15-18-14(19-20-15)10-3-5-11(17)6-4-10/h2-8H,17H2,1H3. The molecule has 3 rings (SSSR count). The van der Waals surface area contributed by atoms with Crippen molar-refractivity contribution in [2.24, 2.45) is 0 Å². The van der Waals surface area contributed by atoms with Gasteiger partial charge < -0.3 is 10.3 Å². The number of nitrogens with zero attached hydrogens (tertiary/aromatic N) is 2. The summed E-state index contributed by atoms with van der Waals surface area (Å²) in [7, 11) is 0. The molecule has 0 saturated heterocycles. The van der Waals surface area contributed by atoms with Crippen LogP contribution in [0.4, 0.5) is 5.69 Å². The number of hydrogen-bond donors (Lipinski definition) is 1. The Hall–Kier alpha value is -2.33. The van der Waals surface area contributed by atoms with E-state index >= 15 is 0 Å². The smallest absolute Gasteiger partial charge is 0.259 e. The van der Waals surface area contributed by atoms with Gasteiger partial charge in [-0.05, 0) is 48.9 Å². The average Bonchev–Trinajstić information content (AvgIpc) is 2.89. The van der Waals surface area contributed by atoms with E-state index in [1.807, 2.05) is 37.3 Å². The molecule has 0 atom stereocenters. The van der Waals surface area contributed by atoms with Crippen molar-refractivity contribution in [3.8, 4) is 22.8 Å². The molecule has 0 amide bonds. The van der Waals surface area contributed by atoms with Crippen molar-refractivity contribution in [1.82, 2.24) is 10.1 Å². The first kappa shape index (κ1) is 12.7. The normalized spacial score (nSPS) is 10.7. The number of halogens is 1. The van der Waals surface area contributed by atoms with Crippen LogP contribution in [0.5, 0.6) is 0 Å². The molecule has 1 heterocycles. The number of anilines is 1.